The van der Waals surface area contributed by atoms with Crippen molar-refractivity contribution in [2.24, 2.45) is 0 Å². The molecule has 2 rings (SSSR count). The number of hydrogen-bond donors (Lipinski definition) is 1. The van der Waals surface area contributed by atoms with Crippen molar-refractivity contribution in [2.75, 3.05) is 7.11 Å². The third-order valence-corrected chi connectivity index (χ3v) is 3.72. The fourth-order valence-electron chi connectivity index (χ4n) is 1.90. The van der Waals surface area contributed by atoms with E-state index in [1.807, 2.05) is 0 Å². The number of rotatable bonds is 4. The molecule has 1 N–H and O–H groups in total. The summed E-state index contributed by atoms with van der Waals surface area (Å²) in [6.45, 7) is 0. The van der Waals surface area contributed by atoms with Crippen LogP contribution in [-0.2, 0) is 6.42 Å². The first-order valence-electron chi connectivity index (χ1n) is 5.96. The van der Waals surface area contributed by atoms with Crippen molar-refractivity contribution in [2.45, 2.75) is 12.5 Å². The van der Waals surface area contributed by atoms with Crippen LogP contribution in [0.2, 0.25) is 10.0 Å². The molecule has 2 aromatic carbocycles. The number of benzene rings is 2. The van der Waals surface area contributed by atoms with Crippen LogP contribution in [0.4, 0.5) is 4.39 Å². The molecule has 0 spiro atoms. The van der Waals surface area contributed by atoms with Gasteiger partial charge in [0.1, 0.15) is 11.6 Å². The lowest BCUT2D eigenvalue weighted by atomic mass is 10.0. The maximum atomic E-state index is 13.8. The summed E-state index contributed by atoms with van der Waals surface area (Å²) in [6, 6.07) is 9.42. The smallest absolute Gasteiger partial charge is 0.132 e. The van der Waals surface area contributed by atoms with Crippen molar-refractivity contribution in [3.8, 4) is 5.75 Å². The minimum Gasteiger partial charge on any atom is -0.497 e. The van der Waals surface area contributed by atoms with Crippen molar-refractivity contribution in [3.63, 3.8) is 0 Å². The van der Waals surface area contributed by atoms with Gasteiger partial charge in [0.05, 0.1) is 23.3 Å². The predicted octanol–water partition coefficient (Wildman–Crippen LogP) is 4.42. The second kappa shape index (κ2) is 6.44. The lowest BCUT2D eigenvalue weighted by molar-refractivity contribution is 0.173. The molecule has 0 radical (unpaired) electrons. The number of halogens is 3. The fraction of sp³-hybridized carbons (Fsp3) is 0.200. The molecule has 0 aliphatic carbocycles. The zero-order valence-electron chi connectivity index (χ0n) is 10.7. The van der Waals surface area contributed by atoms with E-state index < -0.39 is 11.9 Å². The van der Waals surface area contributed by atoms with Crippen LogP contribution in [0.5, 0.6) is 5.75 Å². The molecule has 1 unspecified atom stereocenters. The first kappa shape index (κ1) is 15.1. The normalized spacial score (nSPS) is 12.2. The fourth-order valence-corrected chi connectivity index (χ4v) is 2.23. The third-order valence-electron chi connectivity index (χ3n) is 2.98. The van der Waals surface area contributed by atoms with Crippen molar-refractivity contribution in [1.82, 2.24) is 0 Å². The summed E-state index contributed by atoms with van der Waals surface area (Å²) in [6.07, 6.45) is -0.710. The monoisotopic (exact) mass is 314 g/mol. The van der Waals surface area contributed by atoms with Gasteiger partial charge in [-0.1, -0.05) is 29.3 Å². The SMILES string of the molecule is COc1ccc(C(O)Cc2ccc(Cl)c(Cl)c2)c(F)c1. The van der Waals surface area contributed by atoms with Crippen LogP contribution < -0.4 is 4.74 Å². The molecule has 0 heterocycles. The van der Waals surface area contributed by atoms with Gasteiger partial charge >= 0.3 is 0 Å². The molecule has 0 aliphatic heterocycles. The average molecular weight is 315 g/mol. The van der Waals surface area contributed by atoms with Crippen LogP contribution in [0.1, 0.15) is 17.2 Å². The topological polar surface area (TPSA) is 29.5 Å². The Morgan fingerprint density at radius 2 is 1.90 bits per heavy atom. The van der Waals surface area contributed by atoms with Gasteiger partial charge in [-0.25, -0.2) is 4.39 Å². The molecule has 0 saturated carbocycles. The zero-order valence-corrected chi connectivity index (χ0v) is 12.2. The Morgan fingerprint density at radius 3 is 2.50 bits per heavy atom. The van der Waals surface area contributed by atoms with Crippen LogP contribution in [0.3, 0.4) is 0 Å². The second-order valence-corrected chi connectivity index (χ2v) is 5.17. The van der Waals surface area contributed by atoms with Crippen LogP contribution >= 0.6 is 23.2 Å². The Hall–Kier alpha value is -1.29. The van der Waals surface area contributed by atoms with Crippen molar-refractivity contribution < 1.29 is 14.2 Å². The minimum absolute atomic E-state index is 0.219. The summed E-state index contributed by atoms with van der Waals surface area (Å²) in [5.74, 6) is -0.0927. The first-order valence-corrected chi connectivity index (χ1v) is 6.72. The molecule has 0 amide bonds. The molecule has 1 atom stereocenters. The summed E-state index contributed by atoms with van der Waals surface area (Å²) >= 11 is 11.7. The molecule has 0 aliphatic rings. The van der Waals surface area contributed by atoms with E-state index in [-0.39, 0.29) is 12.0 Å². The van der Waals surface area contributed by atoms with Crippen LogP contribution in [0, 0.1) is 5.82 Å². The Bertz CT molecular complexity index is 617. The standard InChI is InChI=1S/C15H13Cl2FO2/c1-20-10-3-4-11(14(18)8-10)15(19)7-9-2-5-12(16)13(17)6-9/h2-6,8,15,19H,7H2,1H3. The first-order chi connectivity index (χ1) is 9.51. The van der Waals surface area contributed by atoms with Crippen LogP contribution in [-0.4, -0.2) is 12.2 Å². The zero-order chi connectivity index (χ0) is 14.7. The molecular formula is C15H13Cl2FO2. The van der Waals surface area contributed by atoms with E-state index >= 15 is 0 Å². The number of methoxy groups -OCH3 is 1. The third kappa shape index (κ3) is 3.42. The molecule has 0 bridgehead atoms. The second-order valence-electron chi connectivity index (χ2n) is 4.36. The Kier molecular flexibility index (Phi) is 4.86. The van der Waals surface area contributed by atoms with E-state index in [0.29, 0.717) is 15.8 Å². The van der Waals surface area contributed by atoms with Gasteiger partial charge in [-0.2, -0.15) is 0 Å². The highest BCUT2D eigenvalue weighted by atomic mass is 35.5. The molecule has 106 valence electrons. The van der Waals surface area contributed by atoms with Gasteiger partial charge in [-0.15, -0.1) is 0 Å². The highest BCUT2D eigenvalue weighted by Gasteiger charge is 2.15. The molecular weight excluding hydrogens is 302 g/mol. The summed E-state index contributed by atoms with van der Waals surface area (Å²) in [4.78, 5) is 0. The van der Waals surface area contributed by atoms with Gasteiger partial charge in [0.2, 0.25) is 0 Å². The minimum atomic E-state index is -0.960. The molecule has 2 aromatic rings. The van der Waals surface area contributed by atoms with Gasteiger partial charge in [0, 0.05) is 18.1 Å². The molecule has 0 saturated heterocycles. The lowest BCUT2D eigenvalue weighted by Gasteiger charge is -2.13. The number of aliphatic hydroxyl groups is 1. The largest absolute Gasteiger partial charge is 0.497 e. The van der Waals surface area contributed by atoms with Crippen molar-refractivity contribution in [3.05, 3.63) is 63.4 Å². The Morgan fingerprint density at radius 1 is 1.15 bits per heavy atom. The van der Waals surface area contributed by atoms with Gasteiger partial charge in [-0.05, 0) is 29.8 Å². The maximum Gasteiger partial charge on any atom is 0.132 e. The summed E-state index contributed by atoms with van der Waals surface area (Å²) in [5.41, 5.74) is 0.999. The molecule has 2 nitrogen and oxygen atoms in total. The Balaban J connectivity index is 2.19. The van der Waals surface area contributed by atoms with Gasteiger partial charge in [0.15, 0.2) is 0 Å². The van der Waals surface area contributed by atoms with Crippen LogP contribution in [0.15, 0.2) is 36.4 Å². The van der Waals surface area contributed by atoms with Gasteiger partial charge in [-0.3, -0.25) is 0 Å². The number of hydrogen-bond acceptors (Lipinski definition) is 2. The van der Waals surface area contributed by atoms with Gasteiger partial charge < -0.3 is 9.84 Å². The summed E-state index contributed by atoms with van der Waals surface area (Å²) in [7, 11) is 1.46. The molecule has 0 fully saturated rings. The molecule has 0 aromatic heterocycles. The van der Waals surface area contributed by atoms with E-state index in [9.17, 15) is 9.50 Å². The number of aliphatic hydroxyl groups excluding tert-OH is 1. The average Bonchev–Trinajstić information content (AvgIpc) is 2.42. The van der Waals surface area contributed by atoms with E-state index in [0.717, 1.165) is 5.56 Å². The lowest BCUT2D eigenvalue weighted by Crippen LogP contribution is -2.04. The summed E-state index contributed by atoms with van der Waals surface area (Å²) < 4.78 is 18.8. The van der Waals surface area contributed by atoms with Crippen molar-refractivity contribution in [1.29, 1.82) is 0 Å². The van der Waals surface area contributed by atoms with Crippen molar-refractivity contribution >= 4 is 23.2 Å². The van der Waals surface area contributed by atoms with Crippen LogP contribution in [0.25, 0.3) is 0 Å². The van der Waals surface area contributed by atoms with E-state index in [1.54, 1.807) is 24.3 Å². The quantitative estimate of drug-likeness (QED) is 0.905. The Labute approximate surface area is 126 Å². The highest BCUT2D eigenvalue weighted by molar-refractivity contribution is 6.42. The highest BCUT2D eigenvalue weighted by Crippen LogP contribution is 2.27. The van der Waals surface area contributed by atoms with E-state index in [1.165, 1.54) is 19.2 Å². The maximum absolute atomic E-state index is 13.8. The molecule has 20 heavy (non-hydrogen) atoms. The van der Waals surface area contributed by atoms with E-state index in [4.69, 9.17) is 27.9 Å². The van der Waals surface area contributed by atoms with E-state index in [2.05, 4.69) is 0 Å². The van der Waals surface area contributed by atoms with Gasteiger partial charge in [0.25, 0.3) is 0 Å². The number of ether oxygens (including phenoxy) is 1. The predicted molar refractivity (Wildman–Crippen MR) is 78.1 cm³/mol. The molecule has 5 heteroatoms. The summed E-state index contributed by atoms with van der Waals surface area (Å²) in [5, 5.41) is 11.0.